The molecule has 1 unspecified atom stereocenters. The van der Waals surface area contributed by atoms with Gasteiger partial charge in [0.1, 0.15) is 11.3 Å². The van der Waals surface area contributed by atoms with Gasteiger partial charge in [0.05, 0.1) is 18.8 Å². The van der Waals surface area contributed by atoms with Crippen molar-refractivity contribution in [1.82, 2.24) is 20.7 Å². The molecular weight excluding hydrogens is 450 g/mol. The largest absolute Gasteiger partial charge is 0.477 e. The summed E-state index contributed by atoms with van der Waals surface area (Å²) in [5.74, 6) is 0.0641. The second kappa shape index (κ2) is 9.39. The number of benzene rings is 1. The first-order chi connectivity index (χ1) is 16.9. The second-order valence-corrected chi connectivity index (χ2v) is 10.2. The fourth-order valence-corrected chi connectivity index (χ4v) is 5.55. The molecular formula is C25H33N5O5. The van der Waals surface area contributed by atoms with Gasteiger partial charge in [-0.1, -0.05) is 19.1 Å². The first-order valence-electron chi connectivity index (χ1n) is 12.6. The first-order valence-corrected chi connectivity index (χ1v) is 12.6. The van der Waals surface area contributed by atoms with E-state index in [2.05, 4.69) is 17.7 Å². The second-order valence-electron chi connectivity index (χ2n) is 10.2. The zero-order chi connectivity index (χ0) is 24.6. The molecule has 1 aliphatic carbocycles. The number of imide groups is 1. The third kappa shape index (κ3) is 4.53. The summed E-state index contributed by atoms with van der Waals surface area (Å²) < 4.78 is 6.02. The molecule has 3 fully saturated rings. The summed E-state index contributed by atoms with van der Waals surface area (Å²) in [7, 11) is 0. The SMILES string of the molecule is CC1CCC2(CC1)NC(=O)N(NC(=O)CN1CC(C(=O)N3CCCCC3)Oc3ccccc31)C2=O. The number of hydrazine groups is 1. The Labute approximate surface area is 204 Å². The zero-order valence-electron chi connectivity index (χ0n) is 20.1. The number of rotatable bonds is 4. The quantitative estimate of drug-likeness (QED) is 0.632. The van der Waals surface area contributed by atoms with Crippen molar-refractivity contribution in [2.75, 3.05) is 31.1 Å². The Morgan fingerprint density at radius 3 is 2.57 bits per heavy atom. The van der Waals surface area contributed by atoms with Crippen LogP contribution in [0.1, 0.15) is 51.9 Å². The van der Waals surface area contributed by atoms with E-state index in [4.69, 9.17) is 4.74 Å². The van der Waals surface area contributed by atoms with Crippen LogP contribution in [0.4, 0.5) is 10.5 Å². The molecule has 1 atom stereocenters. The molecule has 1 aromatic carbocycles. The minimum absolute atomic E-state index is 0.0767. The van der Waals surface area contributed by atoms with E-state index in [1.165, 1.54) is 0 Å². The number of para-hydroxylation sites is 2. The summed E-state index contributed by atoms with van der Waals surface area (Å²) in [5.41, 5.74) is 2.27. The molecule has 1 saturated carbocycles. The molecule has 188 valence electrons. The summed E-state index contributed by atoms with van der Waals surface area (Å²) in [5, 5.41) is 3.63. The van der Waals surface area contributed by atoms with Crippen molar-refractivity contribution >= 4 is 29.4 Å². The molecule has 2 saturated heterocycles. The number of nitrogens with zero attached hydrogens (tertiary/aromatic N) is 3. The molecule has 0 aromatic heterocycles. The van der Waals surface area contributed by atoms with E-state index < -0.39 is 29.5 Å². The van der Waals surface area contributed by atoms with Crippen LogP contribution in [0.3, 0.4) is 0 Å². The number of amides is 5. The molecule has 0 radical (unpaired) electrons. The molecule has 1 spiro atoms. The maximum Gasteiger partial charge on any atom is 0.344 e. The van der Waals surface area contributed by atoms with E-state index in [9.17, 15) is 19.2 Å². The summed E-state index contributed by atoms with van der Waals surface area (Å²) in [6.07, 6.45) is 5.20. The number of urea groups is 1. The van der Waals surface area contributed by atoms with Gasteiger partial charge in [0.2, 0.25) is 0 Å². The minimum atomic E-state index is -0.922. The topological polar surface area (TPSA) is 111 Å². The molecule has 4 aliphatic rings. The van der Waals surface area contributed by atoms with Gasteiger partial charge in [0.25, 0.3) is 17.7 Å². The molecule has 35 heavy (non-hydrogen) atoms. The van der Waals surface area contributed by atoms with Gasteiger partial charge in [0.15, 0.2) is 6.10 Å². The predicted octanol–water partition coefficient (Wildman–Crippen LogP) is 1.80. The fraction of sp³-hybridized carbons (Fsp3) is 0.600. The van der Waals surface area contributed by atoms with Gasteiger partial charge >= 0.3 is 6.03 Å². The van der Waals surface area contributed by atoms with Crippen molar-refractivity contribution in [1.29, 1.82) is 0 Å². The Hall–Kier alpha value is -3.30. The van der Waals surface area contributed by atoms with Crippen LogP contribution in [0.15, 0.2) is 24.3 Å². The van der Waals surface area contributed by atoms with Crippen LogP contribution in [0.5, 0.6) is 5.75 Å². The monoisotopic (exact) mass is 483 g/mol. The molecule has 1 aromatic rings. The summed E-state index contributed by atoms with van der Waals surface area (Å²) in [6, 6.07) is 6.67. The van der Waals surface area contributed by atoms with Crippen molar-refractivity contribution in [2.45, 2.75) is 63.5 Å². The lowest BCUT2D eigenvalue weighted by molar-refractivity contribution is -0.140. The Morgan fingerprint density at radius 1 is 1.11 bits per heavy atom. The Balaban J connectivity index is 1.27. The van der Waals surface area contributed by atoms with Crippen LogP contribution in [0.2, 0.25) is 0 Å². The highest BCUT2D eigenvalue weighted by Gasteiger charge is 2.53. The molecule has 10 nitrogen and oxygen atoms in total. The van der Waals surface area contributed by atoms with Gasteiger partial charge in [-0.15, -0.1) is 0 Å². The van der Waals surface area contributed by atoms with Crippen LogP contribution in [0.25, 0.3) is 0 Å². The molecule has 3 aliphatic heterocycles. The van der Waals surface area contributed by atoms with Crippen molar-refractivity contribution in [3.05, 3.63) is 24.3 Å². The number of likely N-dealkylation sites (tertiary alicyclic amines) is 1. The highest BCUT2D eigenvalue weighted by Crippen LogP contribution is 2.36. The highest BCUT2D eigenvalue weighted by molar-refractivity contribution is 6.08. The molecule has 2 N–H and O–H groups in total. The number of hydrogen-bond donors (Lipinski definition) is 2. The van der Waals surface area contributed by atoms with E-state index in [0.717, 1.165) is 37.1 Å². The smallest absolute Gasteiger partial charge is 0.344 e. The molecule has 0 bridgehead atoms. The van der Waals surface area contributed by atoms with E-state index in [-0.39, 0.29) is 19.0 Å². The molecule has 10 heteroatoms. The number of ether oxygens (including phenoxy) is 1. The van der Waals surface area contributed by atoms with Gasteiger partial charge in [-0.3, -0.25) is 19.8 Å². The standard InChI is InChI=1S/C25H33N5O5/c1-17-9-11-25(12-10-17)23(33)30(24(34)26-25)27-21(31)16-29-15-20(22(32)28-13-5-2-6-14-28)35-19-8-4-3-7-18(19)29/h3-4,7-8,17,20H,2,5-6,9-16H2,1H3,(H,26,34)(H,27,31). The van der Waals surface area contributed by atoms with E-state index in [1.807, 2.05) is 23.1 Å². The number of carbonyl (C=O) groups is 4. The maximum absolute atomic E-state index is 13.1. The Bertz CT molecular complexity index is 1020. The zero-order valence-corrected chi connectivity index (χ0v) is 20.1. The van der Waals surface area contributed by atoms with Gasteiger partial charge in [-0.05, 0) is 63.0 Å². The lowest BCUT2D eigenvalue weighted by Gasteiger charge is -2.38. The predicted molar refractivity (Wildman–Crippen MR) is 127 cm³/mol. The number of anilines is 1. The van der Waals surface area contributed by atoms with E-state index in [1.54, 1.807) is 11.0 Å². The normalized spacial score (nSPS) is 28.4. The van der Waals surface area contributed by atoms with Crippen LogP contribution in [0, 0.1) is 5.92 Å². The van der Waals surface area contributed by atoms with E-state index in [0.29, 0.717) is 43.3 Å². The number of fused-ring (bicyclic) bond motifs is 1. The van der Waals surface area contributed by atoms with Crippen molar-refractivity contribution in [3.8, 4) is 5.75 Å². The number of hydrogen-bond acceptors (Lipinski definition) is 6. The van der Waals surface area contributed by atoms with Gasteiger partial charge in [-0.25, -0.2) is 4.79 Å². The average molecular weight is 484 g/mol. The van der Waals surface area contributed by atoms with Gasteiger partial charge in [0, 0.05) is 13.1 Å². The van der Waals surface area contributed by atoms with Crippen molar-refractivity contribution < 1.29 is 23.9 Å². The lowest BCUT2D eigenvalue weighted by Crippen LogP contribution is -2.55. The molecule has 5 amide bonds. The Kier molecular flexibility index (Phi) is 6.29. The maximum atomic E-state index is 13.1. The summed E-state index contributed by atoms with van der Waals surface area (Å²) in [6.45, 7) is 3.66. The highest BCUT2D eigenvalue weighted by atomic mass is 16.5. The van der Waals surface area contributed by atoms with Crippen LogP contribution >= 0.6 is 0 Å². The van der Waals surface area contributed by atoms with Crippen LogP contribution in [-0.2, 0) is 14.4 Å². The number of nitrogens with one attached hydrogen (secondary N) is 2. The summed E-state index contributed by atoms with van der Waals surface area (Å²) in [4.78, 5) is 55.4. The van der Waals surface area contributed by atoms with E-state index >= 15 is 0 Å². The van der Waals surface area contributed by atoms with Gasteiger partial charge in [-0.2, -0.15) is 5.01 Å². The third-order valence-corrected chi connectivity index (χ3v) is 7.67. The van der Waals surface area contributed by atoms with Crippen LogP contribution < -0.4 is 20.4 Å². The average Bonchev–Trinajstić information content (AvgIpc) is 3.10. The minimum Gasteiger partial charge on any atom is -0.477 e. The van der Waals surface area contributed by atoms with Crippen molar-refractivity contribution in [2.24, 2.45) is 5.92 Å². The first kappa shape index (κ1) is 23.4. The number of piperidine rings is 1. The lowest BCUT2D eigenvalue weighted by atomic mass is 9.77. The molecule has 5 rings (SSSR count). The van der Waals surface area contributed by atoms with Crippen molar-refractivity contribution in [3.63, 3.8) is 0 Å². The third-order valence-electron chi connectivity index (χ3n) is 7.67. The Morgan fingerprint density at radius 2 is 1.83 bits per heavy atom. The number of carbonyl (C=O) groups excluding carboxylic acids is 4. The summed E-state index contributed by atoms with van der Waals surface area (Å²) >= 11 is 0. The van der Waals surface area contributed by atoms with Crippen LogP contribution in [-0.4, -0.2) is 71.5 Å². The molecule has 3 heterocycles. The van der Waals surface area contributed by atoms with Gasteiger partial charge < -0.3 is 19.9 Å². The fourth-order valence-electron chi connectivity index (χ4n) is 5.55.